The number of hydrogen-bond donors (Lipinski definition) is 1. The number of aryl methyl sites for hydroxylation is 2. The van der Waals surface area contributed by atoms with Gasteiger partial charge in [-0.25, -0.2) is 4.99 Å². The Bertz CT molecular complexity index is 780. The van der Waals surface area contributed by atoms with E-state index in [1.807, 2.05) is 16.5 Å². The lowest BCUT2D eigenvalue weighted by atomic mass is 10.1. The van der Waals surface area contributed by atoms with Crippen molar-refractivity contribution in [3.8, 4) is 0 Å². The Morgan fingerprint density at radius 2 is 1.93 bits per heavy atom. The van der Waals surface area contributed by atoms with Crippen LogP contribution < -0.4 is 5.32 Å². The van der Waals surface area contributed by atoms with E-state index in [0.29, 0.717) is 19.0 Å². The van der Waals surface area contributed by atoms with Crippen LogP contribution in [0.4, 0.5) is 0 Å². The Labute approximate surface area is 167 Å². The number of likely N-dealkylation sites (N-methyl/N-ethyl adjacent to an activating group) is 1. The normalized spacial score (nSPS) is 11.4. The van der Waals surface area contributed by atoms with Crippen molar-refractivity contribution in [3.63, 3.8) is 0 Å². The van der Waals surface area contributed by atoms with Crippen molar-refractivity contribution in [2.45, 2.75) is 33.4 Å². The molecule has 0 spiro atoms. The Hall–Kier alpha value is -2.90. The lowest BCUT2D eigenvalue weighted by Crippen LogP contribution is -2.41. The molecular formula is C20H31N7O. The molecule has 0 aliphatic rings. The molecule has 0 fully saturated rings. The molecule has 0 bridgehead atoms. The van der Waals surface area contributed by atoms with E-state index in [1.165, 1.54) is 11.1 Å². The first kappa shape index (κ1) is 21.4. The summed E-state index contributed by atoms with van der Waals surface area (Å²) in [6.45, 7) is 6.34. The van der Waals surface area contributed by atoms with Crippen LogP contribution in [0, 0.1) is 6.92 Å². The van der Waals surface area contributed by atoms with Gasteiger partial charge in [0.1, 0.15) is 18.7 Å². The molecule has 152 valence electrons. The van der Waals surface area contributed by atoms with Gasteiger partial charge >= 0.3 is 0 Å². The number of amides is 1. The number of nitrogens with one attached hydrogen (secondary N) is 1. The smallest absolute Gasteiger partial charge is 0.243 e. The summed E-state index contributed by atoms with van der Waals surface area (Å²) in [5.74, 6) is 1.62. The molecular weight excluding hydrogens is 354 g/mol. The first-order valence-electron chi connectivity index (χ1n) is 9.52. The molecule has 2 rings (SSSR count). The summed E-state index contributed by atoms with van der Waals surface area (Å²) >= 11 is 0. The SMILES string of the molecule is CCc1nncn1CCNC(=NCC(=O)N(C)C)N(C)Cc1ccc(C)cc1. The van der Waals surface area contributed by atoms with Crippen molar-refractivity contribution in [2.75, 3.05) is 34.2 Å². The third-order valence-electron chi connectivity index (χ3n) is 4.41. The average Bonchev–Trinajstić information content (AvgIpc) is 3.13. The number of rotatable bonds is 8. The second-order valence-corrected chi connectivity index (χ2v) is 6.99. The minimum absolute atomic E-state index is 0.0323. The number of aromatic nitrogens is 3. The van der Waals surface area contributed by atoms with Crippen LogP contribution in [0.25, 0.3) is 0 Å². The van der Waals surface area contributed by atoms with Crippen molar-refractivity contribution in [3.05, 3.63) is 47.5 Å². The Morgan fingerprint density at radius 1 is 1.21 bits per heavy atom. The molecule has 8 heteroatoms. The number of guanidine groups is 1. The predicted molar refractivity (Wildman–Crippen MR) is 111 cm³/mol. The second-order valence-electron chi connectivity index (χ2n) is 6.99. The van der Waals surface area contributed by atoms with Gasteiger partial charge in [0.15, 0.2) is 5.96 Å². The van der Waals surface area contributed by atoms with E-state index in [0.717, 1.165) is 18.8 Å². The van der Waals surface area contributed by atoms with Crippen LogP contribution in [-0.4, -0.2) is 70.7 Å². The molecule has 1 N–H and O–H groups in total. The highest BCUT2D eigenvalue weighted by Gasteiger charge is 2.10. The highest BCUT2D eigenvalue weighted by Crippen LogP contribution is 2.06. The monoisotopic (exact) mass is 385 g/mol. The van der Waals surface area contributed by atoms with Crippen molar-refractivity contribution < 1.29 is 4.79 Å². The number of benzene rings is 1. The molecule has 2 aromatic rings. The van der Waals surface area contributed by atoms with Gasteiger partial charge in [-0.2, -0.15) is 0 Å². The molecule has 8 nitrogen and oxygen atoms in total. The Morgan fingerprint density at radius 3 is 2.57 bits per heavy atom. The fraction of sp³-hybridized carbons (Fsp3) is 0.500. The quantitative estimate of drug-likeness (QED) is 0.548. The van der Waals surface area contributed by atoms with Crippen molar-refractivity contribution in [1.82, 2.24) is 29.9 Å². The van der Waals surface area contributed by atoms with Crippen molar-refractivity contribution in [2.24, 2.45) is 4.99 Å². The van der Waals surface area contributed by atoms with Gasteiger partial charge in [-0.1, -0.05) is 36.8 Å². The van der Waals surface area contributed by atoms with Gasteiger partial charge in [-0.15, -0.1) is 10.2 Å². The molecule has 1 amide bonds. The summed E-state index contributed by atoms with van der Waals surface area (Å²) in [5, 5.41) is 11.4. The third-order valence-corrected chi connectivity index (χ3v) is 4.41. The number of aliphatic imine (C=N–C) groups is 1. The molecule has 1 heterocycles. The van der Waals surface area contributed by atoms with E-state index in [2.05, 4.69) is 58.6 Å². The average molecular weight is 386 g/mol. The van der Waals surface area contributed by atoms with E-state index in [9.17, 15) is 4.79 Å². The minimum Gasteiger partial charge on any atom is -0.354 e. The number of carbonyl (C=O) groups is 1. The van der Waals surface area contributed by atoms with E-state index < -0.39 is 0 Å². The summed E-state index contributed by atoms with van der Waals surface area (Å²) < 4.78 is 2.02. The summed E-state index contributed by atoms with van der Waals surface area (Å²) in [7, 11) is 5.45. The molecule has 0 aliphatic heterocycles. The Balaban J connectivity index is 2.03. The minimum atomic E-state index is -0.0323. The molecule has 0 saturated carbocycles. The van der Waals surface area contributed by atoms with Crippen LogP contribution in [0.5, 0.6) is 0 Å². The second kappa shape index (κ2) is 10.4. The fourth-order valence-electron chi connectivity index (χ4n) is 2.67. The molecule has 28 heavy (non-hydrogen) atoms. The van der Waals surface area contributed by atoms with E-state index in [-0.39, 0.29) is 12.5 Å². The highest BCUT2D eigenvalue weighted by atomic mass is 16.2. The maximum absolute atomic E-state index is 12.0. The van der Waals surface area contributed by atoms with Gasteiger partial charge in [0.05, 0.1) is 0 Å². The molecule has 0 saturated heterocycles. The highest BCUT2D eigenvalue weighted by molar-refractivity contribution is 5.84. The van der Waals surface area contributed by atoms with Gasteiger partial charge in [0, 0.05) is 47.2 Å². The standard InChI is InChI=1S/C20H31N7O/c1-6-18-24-23-15-27(18)12-11-21-20(22-13-19(28)25(3)4)26(5)14-17-9-7-16(2)8-10-17/h7-10,15H,6,11-14H2,1-5H3,(H,21,22). The third kappa shape index (κ3) is 6.37. The molecule has 0 atom stereocenters. The van der Waals surface area contributed by atoms with Crippen molar-refractivity contribution in [1.29, 1.82) is 0 Å². The van der Waals surface area contributed by atoms with Crippen LogP contribution in [-0.2, 0) is 24.3 Å². The maximum Gasteiger partial charge on any atom is 0.243 e. The van der Waals surface area contributed by atoms with Crippen molar-refractivity contribution >= 4 is 11.9 Å². The zero-order chi connectivity index (χ0) is 20.5. The summed E-state index contributed by atoms with van der Waals surface area (Å²) in [6.07, 6.45) is 2.58. The molecule has 0 radical (unpaired) electrons. The van der Waals surface area contributed by atoms with Crippen LogP contribution in [0.3, 0.4) is 0 Å². The summed E-state index contributed by atoms with van der Waals surface area (Å²) in [5.41, 5.74) is 2.42. The topological polar surface area (TPSA) is 78.6 Å². The predicted octanol–water partition coefficient (Wildman–Crippen LogP) is 1.31. The summed E-state index contributed by atoms with van der Waals surface area (Å²) in [4.78, 5) is 20.1. The zero-order valence-electron chi connectivity index (χ0n) is 17.5. The largest absolute Gasteiger partial charge is 0.354 e. The first-order chi connectivity index (χ1) is 13.4. The number of carbonyl (C=O) groups excluding carboxylic acids is 1. The van der Waals surface area contributed by atoms with Crippen LogP contribution in [0.2, 0.25) is 0 Å². The lowest BCUT2D eigenvalue weighted by molar-refractivity contribution is -0.127. The number of hydrogen-bond acceptors (Lipinski definition) is 4. The molecule has 0 unspecified atom stereocenters. The van der Waals surface area contributed by atoms with Gasteiger partial charge in [-0.3, -0.25) is 4.79 Å². The molecule has 1 aromatic heterocycles. The van der Waals surface area contributed by atoms with Crippen LogP contribution >= 0.6 is 0 Å². The van der Waals surface area contributed by atoms with Gasteiger partial charge in [0.2, 0.25) is 5.91 Å². The fourth-order valence-corrected chi connectivity index (χ4v) is 2.67. The first-order valence-corrected chi connectivity index (χ1v) is 9.52. The zero-order valence-corrected chi connectivity index (χ0v) is 17.5. The Kier molecular flexibility index (Phi) is 7.98. The summed E-state index contributed by atoms with van der Waals surface area (Å²) in [6, 6.07) is 8.42. The number of nitrogens with zero attached hydrogens (tertiary/aromatic N) is 6. The van der Waals surface area contributed by atoms with E-state index in [4.69, 9.17) is 0 Å². The van der Waals surface area contributed by atoms with Gasteiger partial charge < -0.3 is 19.7 Å². The van der Waals surface area contributed by atoms with Gasteiger partial charge in [0.25, 0.3) is 0 Å². The maximum atomic E-state index is 12.0. The lowest BCUT2D eigenvalue weighted by Gasteiger charge is -2.23. The van der Waals surface area contributed by atoms with E-state index in [1.54, 1.807) is 25.3 Å². The molecule has 1 aromatic carbocycles. The van der Waals surface area contributed by atoms with Gasteiger partial charge in [-0.05, 0) is 12.5 Å². The van der Waals surface area contributed by atoms with E-state index >= 15 is 0 Å². The molecule has 0 aliphatic carbocycles. The van der Waals surface area contributed by atoms with Crippen LogP contribution in [0.1, 0.15) is 23.9 Å². The van der Waals surface area contributed by atoms with Crippen LogP contribution in [0.15, 0.2) is 35.6 Å².